The first-order valence-electron chi connectivity index (χ1n) is 10.4. The lowest BCUT2D eigenvalue weighted by Crippen LogP contribution is -2.49. The Bertz CT molecular complexity index is 1330. The van der Waals surface area contributed by atoms with Gasteiger partial charge in [0, 0.05) is 33.2 Å². The minimum atomic E-state index is -4.53. The highest BCUT2D eigenvalue weighted by Gasteiger charge is 2.33. The average molecular weight is 481 g/mol. The number of fused-ring (bicyclic) bond motifs is 1. The predicted molar refractivity (Wildman–Crippen MR) is 117 cm³/mol. The Morgan fingerprint density at radius 2 is 1.58 bits per heavy atom. The first-order chi connectivity index (χ1) is 15.5. The molecule has 0 amide bonds. The minimum Gasteiger partial charge on any atom is -0.298 e. The van der Waals surface area contributed by atoms with Crippen molar-refractivity contribution in [1.82, 2.24) is 18.8 Å². The Kier molecular flexibility index (Phi) is 6.06. The summed E-state index contributed by atoms with van der Waals surface area (Å²) < 4.78 is 66.9. The van der Waals surface area contributed by atoms with Crippen LogP contribution in [0.4, 0.5) is 13.2 Å². The highest BCUT2D eigenvalue weighted by Crippen LogP contribution is 2.30. The second kappa shape index (κ2) is 8.54. The molecule has 1 aliphatic rings. The van der Waals surface area contributed by atoms with E-state index in [1.807, 2.05) is 17.9 Å². The van der Waals surface area contributed by atoms with Crippen LogP contribution < -0.4 is 5.56 Å². The zero-order valence-electron chi connectivity index (χ0n) is 18.1. The molecule has 176 valence electrons. The molecule has 11 heteroatoms. The Morgan fingerprint density at radius 1 is 0.970 bits per heavy atom. The van der Waals surface area contributed by atoms with Crippen LogP contribution in [0.3, 0.4) is 0 Å². The topological polar surface area (TPSA) is 75.5 Å². The number of para-hydroxylation sites is 1. The summed E-state index contributed by atoms with van der Waals surface area (Å²) in [5, 5.41) is 0.531. The molecular formula is C22H23F3N4O3S. The molecule has 0 bridgehead atoms. The summed E-state index contributed by atoms with van der Waals surface area (Å²) in [6, 6.07) is 10.4. The molecule has 33 heavy (non-hydrogen) atoms. The van der Waals surface area contributed by atoms with Crippen LogP contribution in [0.5, 0.6) is 0 Å². The van der Waals surface area contributed by atoms with Gasteiger partial charge >= 0.3 is 6.18 Å². The van der Waals surface area contributed by atoms with Gasteiger partial charge in [0.25, 0.3) is 5.56 Å². The van der Waals surface area contributed by atoms with Gasteiger partial charge in [-0.3, -0.25) is 14.3 Å². The number of hydrogen-bond acceptors (Lipinski definition) is 5. The number of alkyl halides is 3. The average Bonchev–Trinajstić information content (AvgIpc) is 2.80. The summed E-state index contributed by atoms with van der Waals surface area (Å²) in [7, 11) is -2.25. The summed E-state index contributed by atoms with van der Waals surface area (Å²) in [6.07, 6.45) is -4.53. The van der Waals surface area contributed by atoms with E-state index in [0.717, 1.165) is 24.3 Å². The first kappa shape index (κ1) is 23.4. The van der Waals surface area contributed by atoms with Crippen molar-refractivity contribution in [2.24, 2.45) is 7.05 Å². The van der Waals surface area contributed by atoms with Crippen LogP contribution in [-0.4, -0.2) is 53.4 Å². The summed E-state index contributed by atoms with van der Waals surface area (Å²) in [6.45, 7) is 3.05. The number of hydrogen-bond donors (Lipinski definition) is 0. The van der Waals surface area contributed by atoms with Gasteiger partial charge in [0.2, 0.25) is 10.0 Å². The quantitative estimate of drug-likeness (QED) is 0.574. The van der Waals surface area contributed by atoms with E-state index in [1.165, 1.54) is 8.87 Å². The molecule has 1 saturated heterocycles. The van der Waals surface area contributed by atoms with Crippen LogP contribution in [0, 0.1) is 0 Å². The van der Waals surface area contributed by atoms with Crippen molar-refractivity contribution in [3.05, 3.63) is 70.3 Å². The van der Waals surface area contributed by atoms with Crippen molar-refractivity contribution >= 4 is 20.9 Å². The normalized spacial score (nSPS) is 17.4. The molecule has 1 unspecified atom stereocenters. The van der Waals surface area contributed by atoms with Crippen LogP contribution >= 0.6 is 0 Å². The highest BCUT2D eigenvalue weighted by molar-refractivity contribution is 7.89. The molecule has 2 aromatic carbocycles. The largest absolute Gasteiger partial charge is 0.416 e. The second-order valence-corrected chi connectivity index (χ2v) is 9.93. The van der Waals surface area contributed by atoms with Gasteiger partial charge in [0.1, 0.15) is 5.82 Å². The third-order valence-corrected chi connectivity index (χ3v) is 7.94. The maximum absolute atomic E-state index is 12.9. The van der Waals surface area contributed by atoms with E-state index in [0.29, 0.717) is 29.8 Å². The molecule has 1 aromatic heterocycles. The number of sulfonamides is 1. The van der Waals surface area contributed by atoms with E-state index in [1.54, 1.807) is 25.2 Å². The van der Waals surface area contributed by atoms with Crippen molar-refractivity contribution in [3.63, 3.8) is 0 Å². The van der Waals surface area contributed by atoms with Crippen LogP contribution in [0.2, 0.25) is 0 Å². The van der Waals surface area contributed by atoms with Crippen molar-refractivity contribution in [2.45, 2.75) is 24.0 Å². The van der Waals surface area contributed by atoms with Gasteiger partial charge in [-0.05, 0) is 43.3 Å². The predicted octanol–water partition coefficient (Wildman–Crippen LogP) is 3.02. The third-order valence-electron chi connectivity index (χ3n) is 6.03. The molecule has 1 atom stereocenters. The summed E-state index contributed by atoms with van der Waals surface area (Å²) in [4.78, 5) is 19.2. The van der Waals surface area contributed by atoms with Gasteiger partial charge < -0.3 is 0 Å². The van der Waals surface area contributed by atoms with E-state index >= 15 is 0 Å². The molecule has 4 rings (SSSR count). The molecule has 7 nitrogen and oxygen atoms in total. The molecule has 0 spiro atoms. The molecule has 2 heterocycles. The Morgan fingerprint density at radius 3 is 2.18 bits per heavy atom. The second-order valence-electron chi connectivity index (χ2n) is 7.99. The lowest BCUT2D eigenvalue weighted by molar-refractivity contribution is -0.137. The van der Waals surface area contributed by atoms with E-state index in [-0.39, 0.29) is 29.6 Å². The van der Waals surface area contributed by atoms with E-state index in [2.05, 4.69) is 4.98 Å². The maximum Gasteiger partial charge on any atom is 0.416 e. The fourth-order valence-electron chi connectivity index (χ4n) is 4.07. The molecule has 3 aromatic rings. The minimum absolute atomic E-state index is 0.147. The standard InChI is InChI=1S/C22H23F3N4O3S/c1-15(20-26-19-6-4-3-5-18(19)21(30)27(20)2)28-11-13-29(14-12-28)33(31,32)17-9-7-16(8-10-17)22(23,24)25/h3-10,15H,11-14H2,1-2H3. The number of aromatic nitrogens is 2. The summed E-state index contributed by atoms with van der Waals surface area (Å²) in [5.41, 5.74) is -0.439. The lowest BCUT2D eigenvalue weighted by Gasteiger charge is -2.37. The zero-order valence-corrected chi connectivity index (χ0v) is 18.9. The fraction of sp³-hybridized carbons (Fsp3) is 0.364. The molecule has 0 N–H and O–H groups in total. The summed E-state index contributed by atoms with van der Waals surface area (Å²) >= 11 is 0. The van der Waals surface area contributed by atoms with Crippen LogP contribution in [-0.2, 0) is 23.2 Å². The number of benzene rings is 2. The van der Waals surface area contributed by atoms with Crippen LogP contribution in [0.15, 0.2) is 58.2 Å². The molecule has 0 radical (unpaired) electrons. The van der Waals surface area contributed by atoms with Crippen molar-refractivity contribution in [2.75, 3.05) is 26.2 Å². The van der Waals surface area contributed by atoms with Crippen molar-refractivity contribution in [3.8, 4) is 0 Å². The van der Waals surface area contributed by atoms with E-state index < -0.39 is 21.8 Å². The lowest BCUT2D eigenvalue weighted by atomic mass is 10.2. The SMILES string of the molecule is CC(c1nc2ccccc2c(=O)n1C)N1CCN(S(=O)(=O)c2ccc(C(F)(F)F)cc2)CC1. The van der Waals surface area contributed by atoms with Gasteiger partial charge in [-0.2, -0.15) is 17.5 Å². The zero-order chi connectivity index (χ0) is 24.0. The van der Waals surface area contributed by atoms with E-state index in [4.69, 9.17) is 0 Å². The molecule has 0 saturated carbocycles. The number of nitrogens with zero attached hydrogens (tertiary/aromatic N) is 4. The van der Waals surface area contributed by atoms with Crippen molar-refractivity contribution < 1.29 is 21.6 Å². The number of rotatable bonds is 4. The third kappa shape index (κ3) is 4.40. The molecule has 1 fully saturated rings. The molecular weight excluding hydrogens is 457 g/mol. The Balaban J connectivity index is 1.50. The van der Waals surface area contributed by atoms with Gasteiger partial charge in [-0.1, -0.05) is 12.1 Å². The number of halogens is 3. The number of piperazine rings is 1. The maximum atomic E-state index is 12.9. The van der Waals surface area contributed by atoms with Crippen LogP contribution in [0.25, 0.3) is 10.9 Å². The molecule has 0 aliphatic carbocycles. The fourth-order valence-corrected chi connectivity index (χ4v) is 5.49. The Hall–Kier alpha value is -2.76. The van der Waals surface area contributed by atoms with Gasteiger partial charge in [0.05, 0.1) is 27.4 Å². The van der Waals surface area contributed by atoms with Crippen LogP contribution in [0.1, 0.15) is 24.4 Å². The summed E-state index contributed by atoms with van der Waals surface area (Å²) in [5.74, 6) is 0.581. The van der Waals surface area contributed by atoms with Gasteiger partial charge in [-0.25, -0.2) is 13.4 Å². The smallest absolute Gasteiger partial charge is 0.298 e. The monoisotopic (exact) mass is 480 g/mol. The highest BCUT2D eigenvalue weighted by atomic mass is 32.2. The van der Waals surface area contributed by atoms with Crippen molar-refractivity contribution in [1.29, 1.82) is 0 Å². The van der Waals surface area contributed by atoms with Gasteiger partial charge in [0.15, 0.2) is 0 Å². The molecule has 1 aliphatic heterocycles. The van der Waals surface area contributed by atoms with E-state index in [9.17, 15) is 26.4 Å². The Labute approximate surface area is 189 Å². The first-order valence-corrected chi connectivity index (χ1v) is 11.8. The van der Waals surface area contributed by atoms with Gasteiger partial charge in [-0.15, -0.1) is 0 Å².